The van der Waals surface area contributed by atoms with Crippen molar-refractivity contribution in [1.82, 2.24) is 14.1 Å². The zero-order valence-corrected chi connectivity index (χ0v) is 31.8. The largest absolute Gasteiger partial charge is 0.308 e. The van der Waals surface area contributed by atoms with Crippen molar-refractivity contribution in [2.45, 2.75) is 27.7 Å². The predicted molar refractivity (Wildman–Crippen MR) is 233 cm³/mol. The number of hydrogen-bond donors (Lipinski definition) is 0. The summed E-state index contributed by atoms with van der Waals surface area (Å²) in [7, 11) is 0. The van der Waals surface area contributed by atoms with Crippen molar-refractivity contribution in [2.24, 2.45) is 0 Å². The SMILES string of the molecule is Cc1cc(-c2cc(-n3c4ccccc4c4ccc(-c5ccccc5C)cc43)c(C#N)c(-n3c4ccccc4c4ccc(-c5ccccc5C)cc43)c2)cc(C)n1. The molecule has 10 aromatic rings. The average molecular weight is 719 g/mol. The molecule has 0 aliphatic carbocycles. The molecule has 0 unspecified atom stereocenters. The van der Waals surface area contributed by atoms with E-state index in [1.165, 1.54) is 22.3 Å². The molecule has 10 rings (SSSR count). The molecular formula is C52H38N4. The highest BCUT2D eigenvalue weighted by atomic mass is 15.0. The Bertz CT molecular complexity index is 3050. The van der Waals surface area contributed by atoms with Gasteiger partial charge in [-0.2, -0.15) is 5.26 Å². The van der Waals surface area contributed by atoms with Gasteiger partial charge in [0.1, 0.15) is 11.6 Å². The first-order valence-electron chi connectivity index (χ1n) is 19.1. The molecule has 0 aliphatic rings. The average Bonchev–Trinajstić information content (AvgIpc) is 3.72. The third-order valence-corrected chi connectivity index (χ3v) is 11.4. The molecule has 4 nitrogen and oxygen atoms in total. The van der Waals surface area contributed by atoms with Crippen LogP contribution in [0.25, 0.3) is 88.4 Å². The third-order valence-electron chi connectivity index (χ3n) is 11.4. The highest BCUT2D eigenvalue weighted by Gasteiger charge is 2.23. The van der Waals surface area contributed by atoms with Gasteiger partial charge in [-0.15, -0.1) is 0 Å². The molecule has 0 saturated carbocycles. The van der Waals surface area contributed by atoms with Crippen molar-refractivity contribution in [3.8, 4) is 50.8 Å². The molecule has 7 aromatic carbocycles. The van der Waals surface area contributed by atoms with Crippen LogP contribution in [0.4, 0.5) is 0 Å². The highest BCUT2D eigenvalue weighted by Crippen LogP contribution is 2.42. The third kappa shape index (κ3) is 5.24. The van der Waals surface area contributed by atoms with Gasteiger partial charge in [-0.3, -0.25) is 4.98 Å². The van der Waals surface area contributed by atoms with E-state index in [1.807, 2.05) is 13.8 Å². The van der Waals surface area contributed by atoms with E-state index in [9.17, 15) is 5.26 Å². The van der Waals surface area contributed by atoms with Crippen molar-refractivity contribution >= 4 is 43.6 Å². The maximum absolute atomic E-state index is 11.5. The minimum absolute atomic E-state index is 0.601. The summed E-state index contributed by atoms with van der Waals surface area (Å²) in [6.07, 6.45) is 0. The molecular weight excluding hydrogens is 681 g/mol. The van der Waals surface area contributed by atoms with Crippen LogP contribution in [0.2, 0.25) is 0 Å². The molecule has 0 spiro atoms. The molecule has 0 amide bonds. The van der Waals surface area contributed by atoms with Crippen molar-refractivity contribution in [3.63, 3.8) is 0 Å². The molecule has 0 bridgehead atoms. The molecule has 0 saturated heterocycles. The number of fused-ring (bicyclic) bond motifs is 6. The summed E-state index contributed by atoms with van der Waals surface area (Å²) < 4.78 is 4.62. The molecule has 0 N–H and O–H groups in total. The number of nitrogens with zero attached hydrogens (tertiary/aromatic N) is 4. The number of para-hydroxylation sites is 2. The summed E-state index contributed by atoms with van der Waals surface area (Å²) in [5.74, 6) is 0. The lowest BCUT2D eigenvalue weighted by Crippen LogP contribution is -2.05. The topological polar surface area (TPSA) is 46.5 Å². The Labute approximate surface area is 326 Å². The number of aromatic nitrogens is 3. The number of benzene rings is 7. The fraction of sp³-hybridized carbons (Fsp3) is 0.0769. The van der Waals surface area contributed by atoms with Crippen molar-refractivity contribution in [3.05, 3.63) is 186 Å². The van der Waals surface area contributed by atoms with E-state index in [-0.39, 0.29) is 0 Å². The van der Waals surface area contributed by atoms with E-state index in [0.29, 0.717) is 5.56 Å². The Balaban J connectivity index is 1.36. The second kappa shape index (κ2) is 13.0. The van der Waals surface area contributed by atoms with Crippen LogP contribution in [0.5, 0.6) is 0 Å². The van der Waals surface area contributed by atoms with E-state index in [1.54, 1.807) is 0 Å². The number of nitriles is 1. The van der Waals surface area contributed by atoms with Crippen LogP contribution in [-0.2, 0) is 0 Å². The number of aryl methyl sites for hydroxylation is 4. The van der Waals surface area contributed by atoms with Crippen molar-refractivity contribution < 1.29 is 0 Å². The summed E-state index contributed by atoms with van der Waals surface area (Å²) in [5, 5.41) is 16.1. The lowest BCUT2D eigenvalue weighted by molar-refractivity contribution is 1.11. The standard InChI is InChI=1S/C52H38N4/c1-32-13-5-7-15-40(32)36-21-23-44-42-17-9-11-19-47(42)55(49(44)27-36)51-29-39(38-25-34(3)54-35(4)26-38)30-52(46(51)31-53)56-48-20-12-10-18-43(48)45-24-22-37(28-50(45)56)41-16-8-6-14-33(41)2/h5-30H,1-4H3. The van der Waals surface area contributed by atoms with Gasteiger partial charge in [0.2, 0.25) is 0 Å². The number of rotatable bonds is 5. The molecule has 0 radical (unpaired) electrons. The van der Waals surface area contributed by atoms with Crippen molar-refractivity contribution in [2.75, 3.05) is 0 Å². The quantitative estimate of drug-likeness (QED) is 0.178. The van der Waals surface area contributed by atoms with Gasteiger partial charge in [0.05, 0.1) is 33.4 Å². The normalized spacial score (nSPS) is 11.6. The molecule has 0 aliphatic heterocycles. The minimum atomic E-state index is 0.601. The van der Waals surface area contributed by atoms with E-state index < -0.39 is 0 Å². The second-order valence-corrected chi connectivity index (χ2v) is 14.9. The predicted octanol–water partition coefficient (Wildman–Crippen LogP) is 13.4. The molecule has 3 aromatic heterocycles. The van der Waals surface area contributed by atoms with Gasteiger partial charge < -0.3 is 9.13 Å². The summed E-state index contributed by atoms with van der Waals surface area (Å²) in [6, 6.07) is 59.1. The van der Waals surface area contributed by atoms with Gasteiger partial charge in [-0.1, -0.05) is 109 Å². The first-order chi connectivity index (χ1) is 27.4. The number of hydrogen-bond acceptors (Lipinski definition) is 2. The second-order valence-electron chi connectivity index (χ2n) is 14.9. The summed E-state index contributed by atoms with van der Waals surface area (Å²) in [5.41, 5.74) is 17.6. The maximum atomic E-state index is 11.5. The summed E-state index contributed by atoms with van der Waals surface area (Å²) in [4.78, 5) is 4.73. The van der Waals surface area contributed by atoms with E-state index in [0.717, 1.165) is 88.6 Å². The van der Waals surface area contributed by atoms with E-state index in [4.69, 9.17) is 4.98 Å². The molecule has 56 heavy (non-hydrogen) atoms. The van der Waals surface area contributed by atoms with Crippen LogP contribution < -0.4 is 0 Å². The molecule has 0 fully saturated rings. The van der Waals surface area contributed by atoms with E-state index in [2.05, 4.69) is 187 Å². The van der Waals surface area contributed by atoms with Gasteiger partial charge in [-0.05, 0) is 121 Å². The molecule has 266 valence electrons. The van der Waals surface area contributed by atoms with Crippen LogP contribution in [0.15, 0.2) is 158 Å². The Hall–Kier alpha value is -7.22. The van der Waals surface area contributed by atoms with Gasteiger partial charge >= 0.3 is 0 Å². The van der Waals surface area contributed by atoms with Crippen LogP contribution in [-0.4, -0.2) is 14.1 Å². The first-order valence-corrected chi connectivity index (χ1v) is 19.1. The van der Waals surface area contributed by atoms with Gasteiger partial charge in [-0.25, -0.2) is 0 Å². The first kappa shape index (κ1) is 33.4. The Morgan fingerprint density at radius 3 is 1.29 bits per heavy atom. The van der Waals surface area contributed by atoms with Gasteiger partial charge in [0.25, 0.3) is 0 Å². The Morgan fingerprint density at radius 2 is 0.821 bits per heavy atom. The highest BCUT2D eigenvalue weighted by molar-refractivity contribution is 6.12. The Kier molecular flexibility index (Phi) is 7.73. The Morgan fingerprint density at radius 1 is 0.411 bits per heavy atom. The molecule has 0 atom stereocenters. The lowest BCUT2D eigenvalue weighted by Gasteiger charge is -2.19. The van der Waals surface area contributed by atoms with Crippen LogP contribution in [0.1, 0.15) is 28.1 Å². The smallest absolute Gasteiger partial charge is 0.104 e. The monoisotopic (exact) mass is 718 g/mol. The fourth-order valence-electron chi connectivity index (χ4n) is 8.84. The summed E-state index contributed by atoms with van der Waals surface area (Å²) >= 11 is 0. The van der Waals surface area contributed by atoms with Crippen LogP contribution in [0, 0.1) is 39.0 Å². The van der Waals surface area contributed by atoms with Gasteiger partial charge in [0, 0.05) is 32.9 Å². The van der Waals surface area contributed by atoms with E-state index >= 15 is 0 Å². The zero-order valence-electron chi connectivity index (χ0n) is 31.8. The summed E-state index contributed by atoms with van der Waals surface area (Å²) in [6.45, 7) is 8.41. The fourth-order valence-corrected chi connectivity index (χ4v) is 8.84. The molecule has 4 heteroatoms. The lowest BCUT2D eigenvalue weighted by atomic mass is 9.98. The maximum Gasteiger partial charge on any atom is 0.104 e. The van der Waals surface area contributed by atoms with Crippen LogP contribution >= 0.6 is 0 Å². The number of pyridine rings is 1. The molecule has 3 heterocycles. The van der Waals surface area contributed by atoms with Crippen molar-refractivity contribution in [1.29, 1.82) is 5.26 Å². The minimum Gasteiger partial charge on any atom is -0.308 e. The van der Waals surface area contributed by atoms with Gasteiger partial charge in [0.15, 0.2) is 0 Å². The van der Waals surface area contributed by atoms with Crippen LogP contribution in [0.3, 0.4) is 0 Å². The zero-order chi connectivity index (χ0) is 38.1.